The highest BCUT2D eigenvalue weighted by atomic mass is 16.5. The van der Waals surface area contributed by atoms with Gasteiger partial charge in [0.2, 0.25) is 0 Å². The van der Waals surface area contributed by atoms with Crippen molar-refractivity contribution in [2.75, 3.05) is 13.7 Å². The summed E-state index contributed by atoms with van der Waals surface area (Å²) in [5.41, 5.74) is 0.874. The summed E-state index contributed by atoms with van der Waals surface area (Å²) in [6.45, 7) is 6.76. The van der Waals surface area contributed by atoms with Gasteiger partial charge in [-0.05, 0) is 44.9 Å². The molecule has 0 fully saturated rings. The quantitative estimate of drug-likeness (QED) is 0.866. The summed E-state index contributed by atoms with van der Waals surface area (Å²) in [6.07, 6.45) is 0. The lowest BCUT2D eigenvalue weighted by Crippen LogP contribution is -2.38. The van der Waals surface area contributed by atoms with Gasteiger partial charge in [0.05, 0.1) is 0 Å². The summed E-state index contributed by atoms with van der Waals surface area (Å²) in [5, 5.41) is 16.7. The molecule has 0 atom stereocenters. The van der Waals surface area contributed by atoms with E-state index in [1.165, 1.54) is 21.0 Å². The first-order chi connectivity index (χ1) is 9.61. The van der Waals surface area contributed by atoms with Crippen LogP contribution < -0.4 is 4.74 Å². The zero-order valence-electron chi connectivity index (χ0n) is 13.0. The number of hydrogen-bond acceptors (Lipinski definition) is 4. The van der Waals surface area contributed by atoms with Crippen LogP contribution in [0.1, 0.15) is 25.0 Å². The Hall–Kier alpha value is -2.08. The Labute approximate surface area is 124 Å². The molecule has 0 bridgehead atoms. The van der Waals surface area contributed by atoms with Gasteiger partial charge in [-0.2, -0.15) is 0 Å². The van der Waals surface area contributed by atoms with Gasteiger partial charge in [-0.3, -0.25) is 0 Å². The van der Waals surface area contributed by atoms with Crippen LogP contribution in [0.4, 0.5) is 0 Å². The third-order valence-corrected chi connectivity index (χ3v) is 2.70. The largest absolute Gasteiger partial charge is 0.480 e. The van der Waals surface area contributed by atoms with Crippen LogP contribution in [0.25, 0.3) is 0 Å². The summed E-state index contributed by atoms with van der Waals surface area (Å²) in [7, 11) is 1.34. The summed E-state index contributed by atoms with van der Waals surface area (Å²) < 4.78 is 9.68. The zero-order chi connectivity index (χ0) is 16.6. The fourth-order valence-electron chi connectivity index (χ4n) is 1.28. The van der Waals surface area contributed by atoms with E-state index in [0.717, 1.165) is 11.1 Å². The van der Waals surface area contributed by atoms with E-state index in [1.54, 1.807) is 6.07 Å². The minimum atomic E-state index is -1.20. The molecule has 0 heterocycles. The standard InChI is InChI=1S/C12H16O3.C3H6O3/c1-8-6-5-7-10(9(8)2)15-12(3,4)11(13)14;1-6-2-3(4)5/h5-7H,1-4H3,(H,13,14);2H2,1H3,(H,4,5). The Balaban J connectivity index is 0.000000567. The van der Waals surface area contributed by atoms with Crippen LogP contribution in [-0.4, -0.2) is 41.5 Å². The second kappa shape index (κ2) is 8.26. The maximum Gasteiger partial charge on any atom is 0.347 e. The van der Waals surface area contributed by atoms with E-state index in [9.17, 15) is 9.59 Å². The van der Waals surface area contributed by atoms with E-state index in [4.69, 9.17) is 14.9 Å². The van der Waals surface area contributed by atoms with Gasteiger partial charge in [-0.25, -0.2) is 9.59 Å². The lowest BCUT2D eigenvalue weighted by Gasteiger charge is -2.23. The average Bonchev–Trinajstić information content (AvgIpc) is 2.35. The van der Waals surface area contributed by atoms with Crippen molar-refractivity contribution in [3.8, 4) is 5.75 Å². The molecule has 0 saturated carbocycles. The van der Waals surface area contributed by atoms with Crippen molar-refractivity contribution in [1.82, 2.24) is 0 Å². The molecule has 0 aliphatic heterocycles. The lowest BCUT2D eigenvalue weighted by atomic mass is 10.1. The topological polar surface area (TPSA) is 93.1 Å². The summed E-state index contributed by atoms with van der Waals surface area (Å²) in [5.74, 6) is -1.27. The Morgan fingerprint density at radius 2 is 1.76 bits per heavy atom. The van der Waals surface area contributed by atoms with Crippen LogP contribution in [0.5, 0.6) is 5.75 Å². The van der Waals surface area contributed by atoms with Gasteiger partial charge < -0.3 is 19.7 Å². The second-order valence-corrected chi connectivity index (χ2v) is 4.94. The number of benzene rings is 1. The molecule has 0 radical (unpaired) electrons. The highest BCUT2D eigenvalue weighted by Crippen LogP contribution is 2.25. The van der Waals surface area contributed by atoms with E-state index >= 15 is 0 Å². The number of aliphatic carboxylic acids is 2. The molecule has 6 heteroatoms. The van der Waals surface area contributed by atoms with Crippen LogP contribution in [-0.2, 0) is 14.3 Å². The van der Waals surface area contributed by atoms with Gasteiger partial charge >= 0.3 is 11.9 Å². The van der Waals surface area contributed by atoms with Crippen molar-refractivity contribution in [2.45, 2.75) is 33.3 Å². The van der Waals surface area contributed by atoms with Crippen molar-refractivity contribution in [3.63, 3.8) is 0 Å². The first-order valence-corrected chi connectivity index (χ1v) is 6.31. The highest BCUT2D eigenvalue weighted by Gasteiger charge is 2.29. The number of carboxylic acid groups (broad SMARTS) is 2. The van der Waals surface area contributed by atoms with Crippen molar-refractivity contribution in [3.05, 3.63) is 29.3 Å². The van der Waals surface area contributed by atoms with Gasteiger partial charge in [0.25, 0.3) is 0 Å². The Morgan fingerprint density at radius 1 is 1.19 bits per heavy atom. The maximum absolute atomic E-state index is 10.9. The third kappa shape index (κ3) is 6.76. The molecule has 0 aliphatic rings. The van der Waals surface area contributed by atoms with E-state index in [-0.39, 0.29) is 6.61 Å². The van der Waals surface area contributed by atoms with Crippen LogP contribution in [0.2, 0.25) is 0 Å². The molecule has 21 heavy (non-hydrogen) atoms. The van der Waals surface area contributed by atoms with Gasteiger partial charge in [0.1, 0.15) is 12.4 Å². The molecular formula is C15H22O6. The normalized spacial score (nSPS) is 10.3. The van der Waals surface area contributed by atoms with Crippen LogP contribution >= 0.6 is 0 Å². The molecule has 1 aromatic carbocycles. The van der Waals surface area contributed by atoms with E-state index in [1.807, 2.05) is 26.0 Å². The summed E-state index contributed by atoms with van der Waals surface area (Å²) in [6, 6.07) is 5.61. The van der Waals surface area contributed by atoms with E-state index < -0.39 is 17.5 Å². The molecule has 1 aromatic rings. The van der Waals surface area contributed by atoms with Crippen molar-refractivity contribution in [2.24, 2.45) is 0 Å². The molecule has 0 amide bonds. The molecule has 118 valence electrons. The number of methoxy groups -OCH3 is 1. The summed E-state index contributed by atoms with van der Waals surface area (Å²) >= 11 is 0. The van der Waals surface area contributed by atoms with Crippen molar-refractivity contribution in [1.29, 1.82) is 0 Å². The molecule has 1 rings (SSSR count). The predicted molar refractivity (Wildman–Crippen MR) is 77.8 cm³/mol. The fraction of sp³-hybridized carbons (Fsp3) is 0.467. The van der Waals surface area contributed by atoms with Gasteiger partial charge in [0.15, 0.2) is 5.60 Å². The SMILES string of the molecule is COCC(=O)O.Cc1cccc(OC(C)(C)C(=O)O)c1C. The third-order valence-electron chi connectivity index (χ3n) is 2.70. The Bertz CT molecular complexity index is 493. The van der Waals surface area contributed by atoms with Gasteiger partial charge in [-0.15, -0.1) is 0 Å². The lowest BCUT2D eigenvalue weighted by molar-refractivity contribution is -0.152. The minimum absolute atomic E-state index is 0.208. The molecule has 0 spiro atoms. The van der Waals surface area contributed by atoms with Gasteiger partial charge in [-0.1, -0.05) is 12.1 Å². The van der Waals surface area contributed by atoms with Crippen LogP contribution in [0, 0.1) is 13.8 Å². The first kappa shape index (κ1) is 18.9. The molecule has 0 aliphatic carbocycles. The molecule has 0 unspecified atom stereocenters. The number of carbonyl (C=O) groups is 2. The van der Waals surface area contributed by atoms with E-state index in [2.05, 4.69) is 4.74 Å². The molecule has 0 aromatic heterocycles. The maximum atomic E-state index is 10.9. The number of hydrogen-bond donors (Lipinski definition) is 2. The summed E-state index contributed by atoms with van der Waals surface area (Å²) in [4.78, 5) is 20.4. The Kier molecular flexibility index (Phi) is 7.44. The number of rotatable bonds is 5. The minimum Gasteiger partial charge on any atom is -0.480 e. The number of aryl methyl sites for hydroxylation is 1. The molecule has 0 saturated heterocycles. The van der Waals surface area contributed by atoms with Crippen LogP contribution in [0.3, 0.4) is 0 Å². The molecule has 6 nitrogen and oxygen atoms in total. The van der Waals surface area contributed by atoms with Crippen molar-refractivity contribution < 1.29 is 29.3 Å². The zero-order valence-corrected chi connectivity index (χ0v) is 13.0. The highest BCUT2D eigenvalue weighted by molar-refractivity contribution is 5.76. The molecular weight excluding hydrogens is 276 g/mol. The van der Waals surface area contributed by atoms with Crippen molar-refractivity contribution >= 4 is 11.9 Å². The first-order valence-electron chi connectivity index (χ1n) is 6.31. The van der Waals surface area contributed by atoms with Crippen LogP contribution in [0.15, 0.2) is 18.2 Å². The number of ether oxygens (including phenoxy) is 2. The second-order valence-electron chi connectivity index (χ2n) is 4.94. The van der Waals surface area contributed by atoms with Gasteiger partial charge in [0, 0.05) is 7.11 Å². The fourth-order valence-corrected chi connectivity index (χ4v) is 1.28. The van der Waals surface area contributed by atoms with E-state index in [0.29, 0.717) is 5.75 Å². The monoisotopic (exact) mass is 298 g/mol. The predicted octanol–water partition coefficient (Wildman–Crippen LogP) is 2.26. The number of carboxylic acids is 2. The molecule has 2 N–H and O–H groups in total. The Morgan fingerprint density at radius 3 is 2.14 bits per heavy atom. The average molecular weight is 298 g/mol. The smallest absolute Gasteiger partial charge is 0.347 e.